The zero-order valence-corrected chi connectivity index (χ0v) is 16.7. The van der Waals surface area contributed by atoms with Crippen molar-refractivity contribution in [1.82, 2.24) is 0 Å². The fourth-order valence-corrected chi connectivity index (χ4v) is 5.14. The third kappa shape index (κ3) is 2.65. The predicted molar refractivity (Wildman–Crippen MR) is 114 cm³/mol. The minimum Gasteiger partial charge on any atom is -0.410 e. The SMILES string of the molecule is Cc1cc2ccccc2c2c1OP(=O)(N=[N+]=[N-])Oc1c(C)cc3ccccc3c1-2. The molecule has 0 radical (unpaired) electrons. The molecule has 0 saturated heterocycles. The van der Waals surface area contributed by atoms with Crippen LogP contribution in [0.25, 0.3) is 43.1 Å². The summed E-state index contributed by atoms with van der Waals surface area (Å²) in [5.41, 5.74) is 12.1. The fourth-order valence-electron chi connectivity index (χ4n) is 4.00. The topological polar surface area (TPSA) is 84.3 Å². The molecule has 5 rings (SSSR count). The van der Waals surface area contributed by atoms with Crippen LogP contribution in [0.4, 0.5) is 0 Å². The van der Waals surface area contributed by atoms with Crippen LogP contribution in [-0.2, 0) is 4.57 Å². The Morgan fingerprint density at radius 3 is 1.72 bits per heavy atom. The van der Waals surface area contributed by atoms with E-state index >= 15 is 0 Å². The summed E-state index contributed by atoms with van der Waals surface area (Å²) in [4.78, 5) is 6.12. The van der Waals surface area contributed by atoms with E-state index in [1.54, 1.807) is 0 Å². The van der Waals surface area contributed by atoms with E-state index in [4.69, 9.17) is 14.6 Å². The van der Waals surface area contributed by atoms with Gasteiger partial charge < -0.3 is 9.05 Å². The number of hydrogen-bond donors (Lipinski definition) is 0. The Hall–Kier alpha value is -3.46. The summed E-state index contributed by atoms with van der Waals surface area (Å²) in [6, 6.07) is 19.9. The number of aryl methyl sites for hydroxylation is 2. The van der Waals surface area contributed by atoms with E-state index in [9.17, 15) is 4.57 Å². The van der Waals surface area contributed by atoms with Crippen molar-refractivity contribution in [2.75, 3.05) is 0 Å². The highest BCUT2D eigenvalue weighted by molar-refractivity contribution is 7.53. The molecule has 0 spiro atoms. The van der Waals surface area contributed by atoms with Crippen molar-refractivity contribution in [3.05, 3.63) is 82.2 Å². The van der Waals surface area contributed by atoms with E-state index in [1.807, 2.05) is 74.5 Å². The van der Waals surface area contributed by atoms with Crippen molar-refractivity contribution in [1.29, 1.82) is 0 Å². The third-order valence-corrected chi connectivity index (χ3v) is 6.31. The Kier molecular flexibility index (Phi) is 3.82. The molecule has 0 atom stereocenters. The highest BCUT2D eigenvalue weighted by Crippen LogP contribution is 2.61. The fraction of sp³-hybridized carbons (Fsp3) is 0.0909. The molecule has 0 saturated carbocycles. The van der Waals surface area contributed by atoms with Crippen molar-refractivity contribution in [2.45, 2.75) is 13.8 Å². The maximum atomic E-state index is 13.3. The molecule has 0 aliphatic carbocycles. The third-order valence-electron chi connectivity index (χ3n) is 5.19. The largest absolute Gasteiger partial charge is 0.525 e. The first kappa shape index (κ1) is 17.6. The molecule has 0 N–H and O–H groups in total. The molecule has 29 heavy (non-hydrogen) atoms. The van der Waals surface area contributed by atoms with Gasteiger partial charge in [0.2, 0.25) is 0 Å². The Labute approximate surface area is 166 Å². The van der Waals surface area contributed by atoms with Gasteiger partial charge in [-0.25, -0.2) is 4.57 Å². The van der Waals surface area contributed by atoms with Gasteiger partial charge >= 0.3 is 7.75 Å². The van der Waals surface area contributed by atoms with Gasteiger partial charge in [-0.15, -0.1) is 0 Å². The smallest absolute Gasteiger partial charge is 0.410 e. The van der Waals surface area contributed by atoms with E-state index in [1.165, 1.54) is 0 Å². The number of rotatable bonds is 1. The maximum Gasteiger partial charge on any atom is 0.525 e. The van der Waals surface area contributed by atoms with E-state index in [2.05, 4.69) is 9.80 Å². The summed E-state index contributed by atoms with van der Waals surface area (Å²) in [6.45, 7) is 3.77. The van der Waals surface area contributed by atoms with Crippen LogP contribution in [0.1, 0.15) is 11.1 Å². The van der Waals surface area contributed by atoms with E-state index in [-0.39, 0.29) is 0 Å². The molecule has 1 heterocycles. The molecule has 0 aromatic heterocycles. The standard InChI is InChI=1S/C22H16N3O3P/c1-13-11-15-7-3-5-9-17(15)19-20-18-10-6-4-8-16(18)12-14(2)22(20)28-29(26,25-24-23)27-21(13)19/h3-12H,1-2H3. The van der Waals surface area contributed by atoms with Gasteiger partial charge in [0, 0.05) is 20.9 Å². The second-order valence-electron chi connectivity index (χ2n) is 7.07. The van der Waals surface area contributed by atoms with Crippen LogP contribution in [0.2, 0.25) is 0 Å². The summed E-state index contributed by atoms with van der Waals surface area (Å²) in [5.74, 6) is 0.822. The average Bonchev–Trinajstić information content (AvgIpc) is 2.84. The Morgan fingerprint density at radius 1 is 0.828 bits per heavy atom. The molecular formula is C22H16N3O3P. The summed E-state index contributed by atoms with van der Waals surface area (Å²) >= 11 is 0. The molecule has 0 amide bonds. The van der Waals surface area contributed by atoms with E-state index in [0.717, 1.165) is 43.8 Å². The minimum atomic E-state index is -4.12. The van der Waals surface area contributed by atoms with Gasteiger partial charge in [-0.3, -0.25) is 0 Å². The molecule has 1 aliphatic rings. The lowest BCUT2D eigenvalue weighted by atomic mass is 9.89. The molecule has 1 aliphatic heterocycles. The van der Waals surface area contributed by atoms with Crippen molar-refractivity contribution in [2.24, 2.45) is 4.88 Å². The van der Waals surface area contributed by atoms with E-state index in [0.29, 0.717) is 11.5 Å². The monoisotopic (exact) mass is 401 g/mol. The first-order valence-corrected chi connectivity index (χ1v) is 10.6. The highest BCUT2D eigenvalue weighted by atomic mass is 31.2. The lowest BCUT2D eigenvalue weighted by molar-refractivity contribution is 0.390. The summed E-state index contributed by atoms with van der Waals surface area (Å²) in [6.07, 6.45) is 0. The summed E-state index contributed by atoms with van der Waals surface area (Å²) in [5, 5.41) is 3.96. The maximum absolute atomic E-state index is 13.3. The van der Waals surface area contributed by atoms with Gasteiger partial charge in [-0.05, 0) is 64.2 Å². The van der Waals surface area contributed by atoms with Crippen molar-refractivity contribution < 1.29 is 13.6 Å². The number of fused-ring (bicyclic) bond motifs is 7. The van der Waals surface area contributed by atoms with Gasteiger partial charge in [0.05, 0.1) is 0 Å². The molecule has 0 unspecified atom stereocenters. The Morgan fingerprint density at radius 2 is 1.28 bits per heavy atom. The molecule has 6 nitrogen and oxygen atoms in total. The van der Waals surface area contributed by atoms with Crippen LogP contribution in [0.15, 0.2) is 65.5 Å². The Bertz CT molecular complexity index is 1330. The second kappa shape index (κ2) is 6.28. The van der Waals surface area contributed by atoms with Crippen molar-refractivity contribution >= 4 is 29.3 Å². The number of nitrogens with zero attached hydrogens (tertiary/aromatic N) is 3. The molecule has 0 bridgehead atoms. The first-order chi connectivity index (χ1) is 14.0. The molecular weight excluding hydrogens is 385 g/mol. The lowest BCUT2D eigenvalue weighted by Gasteiger charge is -2.16. The van der Waals surface area contributed by atoms with Crippen molar-refractivity contribution in [3.8, 4) is 22.6 Å². The van der Waals surface area contributed by atoms with Crippen LogP contribution in [0.5, 0.6) is 11.5 Å². The number of azide groups is 1. The normalized spacial score (nSPS) is 14.1. The van der Waals surface area contributed by atoms with Gasteiger partial charge in [-0.1, -0.05) is 48.5 Å². The van der Waals surface area contributed by atoms with Crippen LogP contribution in [0, 0.1) is 13.8 Å². The van der Waals surface area contributed by atoms with Gasteiger partial charge in [0.15, 0.2) is 0 Å². The van der Waals surface area contributed by atoms with Crippen molar-refractivity contribution in [3.63, 3.8) is 0 Å². The number of hydrogen-bond acceptors (Lipinski definition) is 3. The zero-order chi connectivity index (χ0) is 20.2. The van der Waals surface area contributed by atoms with E-state index < -0.39 is 7.75 Å². The molecule has 7 heteroatoms. The molecule has 4 aromatic rings. The minimum absolute atomic E-state index is 0.411. The second-order valence-corrected chi connectivity index (χ2v) is 8.55. The Balaban J connectivity index is 2.06. The molecule has 0 fully saturated rings. The predicted octanol–water partition coefficient (Wildman–Crippen LogP) is 7.47. The highest BCUT2D eigenvalue weighted by Gasteiger charge is 2.36. The molecule has 4 aromatic carbocycles. The van der Waals surface area contributed by atoms with Gasteiger partial charge in [0.25, 0.3) is 0 Å². The van der Waals surface area contributed by atoms with Crippen LogP contribution >= 0.6 is 7.75 Å². The average molecular weight is 401 g/mol. The number of benzene rings is 4. The van der Waals surface area contributed by atoms with Gasteiger partial charge in [0.1, 0.15) is 11.5 Å². The summed E-state index contributed by atoms with van der Waals surface area (Å²) < 4.78 is 24.9. The van der Waals surface area contributed by atoms with Crippen LogP contribution in [0.3, 0.4) is 0 Å². The lowest BCUT2D eigenvalue weighted by Crippen LogP contribution is -1.98. The van der Waals surface area contributed by atoms with Gasteiger partial charge in [-0.2, -0.15) is 0 Å². The molecule has 142 valence electrons. The summed E-state index contributed by atoms with van der Waals surface area (Å²) in [7, 11) is -4.12. The quantitative estimate of drug-likeness (QED) is 0.143. The zero-order valence-electron chi connectivity index (χ0n) is 15.8. The first-order valence-electron chi connectivity index (χ1n) is 9.12. The van der Waals surface area contributed by atoms with Crippen LogP contribution < -0.4 is 9.05 Å². The van der Waals surface area contributed by atoms with Crippen LogP contribution in [-0.4, -0.2) is 0 Å².